The molecule has 30 heavy (non-hydrogen) atoms. The minimum Gasteiger partial charge on any atom is -0.465 e. The summed E-state index contributed by atoms with van der Waals surface area (Å²) in [7, 11) is 1.27. The number of likely N-dealkylation sites (tertiary alicyclic amines) is 1. The summed E-state index contributed by atoms with van der Waals surface area (Å²) in [5.74, 6) is -1.87. The average Bonchev–Trinajstić information content (AvgIpc) is 3.50. The Kier molecular flexibility index (Phi) is 6.39. The predicted molar refractivity (Wildman–Crippen MR) is 107 cm³/mol. The molecule has 0 radical (unpaired) electrons. The SMILES string of the molecule is CCc1[nH]c(C(=O)OCC(=O)c2c[nH]c(C(=O)N3CCCC3)c2)c(C)c1C(=O)OC. The number of Topliss-reactive ketones (excluding diaryl/α,β-unsaturated/α-hetero) is 1. The van der Waals surface area contributed by atoms with Crippen LogP contribution >= 0.6 is 0 Å². The molecule has 3 heterocycles. The highest BCUT2D eigenvalue weighted by Crippen LogP contribution is 2.21. The normalized spacial score (nSPS) is 13.4. The van der Waals surface area contributed by atoms with E-state index in [1.54, 1.807) is 11.8 Å². The molecule has 160 valence electrons. The van der Waals surface area contributed by atoms with Gasteiger partial charge in [-0.15, -0.1) is 0 Å². The van der Waals surface area contributed by atoms with Gasteiger partial charge in [0.1, 0.15) is 11.4 Å². The predicted octanol–water partition coefficient (Wildman–Crippen LogP) is 2.28. The van der Waals surface area contributed by atoms with Crippen molar-refractivity contribution < 1.29 is 28.7 Å². The quantitative estimate of drug-likeness (QED) is 0.528. The Hall–Kier alpha value is -3.36. The van der Waals surface area contributed by atoms with Crippen LogP contribution in [0.4, 0.5) is 0 Å². The summed E-state index contributed by atoms with van der Waals surface area (Å²) in [6.07, 6.45) is 3.88. The van der Waals surface area contributed by atoms with Crippen molar-refractivity contribution in [2.45, 2.75) is 33.1 Å². The number of nitrogens with zero attached hydrogens (tertiary/aromatic N) is 1. The van der Waals surface area contributed by atoms with E-state index in [1.165, 1.54) is 19.4 Å². The second-order valence-corrected chi connectivity index (χ2v) is 7.12. The first-order valence-corrected chi connectivity index (χ1v) is 9.85. The summed E-state index contributed by atoms with van der Waals surface area (Å²) >= 11 is 0. The summed E-state index contributed by atoms with van der Waals surface area (Å²) in [4.78, 5) is 56.6. The van der Waals surface area contributed by atoms with Crippen molar-refractivity contribution in [2.75, 3.05) is 26.8 Å². The number of carbonyl (C=O) groups is 4. The van der Waals surface area contributed by atoms with Crippen molar-refractivity contribution in [3.63, 3.8) is 0 Å². The van der Waals surface area contributed by atoms with Gasteiger partial charge >= 0.3 is 11.9 Å². The molecule has 0 saturated carbocycles. The zero-order valence-electron chi connectivity index (χ0n) is 17.3. The number of aryl methyl sites for hydroxylation is 1. The maximum Gasteiger partial charge on any atom is 0.355 e. The number of amides is 1. The van der Waals surface area contributed by atoms with E-state index in [1.807, 2.05) is 6.92 Å². The van der Waals surface area contributed by atoms with Crippen molar-refractivity contribution in [1.29, 1.82) is 0 Å². The fourth-order valence-corrected chi connectivity index (χ4v) is 3.56. The molecule has 0 spiro atoms. The highest BCUT2D eigenvalue weighted by atomic mass is 16.5. The van der Waals surface area contributed by atoms with Crippen LogP contribution in [0.1, 0.15) is 72.7 Å². The van der Waals surface area contributed by atoms with Gasteiger partial charge in [0.05, 0.1) is 12.7 Å². The molecule has 0 unspecified atom stereocenters. The maximum atomic E-state index is 12.5. The molecule has 1 aliphatic rings. The maximum absolute atomic E-state index is 12.5. The Morgan fingerprint density at radius 3 is 2.47 bits per heavy atom. The lowest BCUT2D eigenvalue weighted by atomic mass is 10.1. The third-order valence-corrected chi connectivity index (χ3v) is 5.24. The molecule has 0 bridgehead atoms. The first-order chi connectivity index (χ1) is 14.4. The summed E-state index contributed by atoms with van der Waals surface area (Å²) in [6, 6.07) is 1.47. The molecule has 2 aromatic heterocycles. The van der Waals surface area contributed by atoms with Crippen LogP contribution < -0.4 is 0 Å². The first kappa shape index (κ1) is 21.4. The van der Waals surface area contributed by atoms with E-state index in [9.17, 15) is 19.2 Å². The van der Waals surface area contributed by atoms with Crippen molar-refractivity contribution in [1.82, 2.24) is 14.9 Å². The van der Waals surface area contributed by atoms with Crippen LogP contribution in [0.2, 0.25) is 0 Å². The molecule has 1 fully saturated rings. The lowest BCUT2D eigenvalue weighted by Crippen LogP contribution is -2.27. The topological polar surface area (TPSA) is 122 Å². The van der Waals surface area contributed by atoms with Crippen LogP contribution in [0.15, 0.2) is 12.3 Å². The number of H-pyrrole nitrogens is 2. The third-order valence-electron chi connectivity index (χ3n) is 5.24. The fourth-order valence-electron chi connectivity index (χ4n) is 3.56. The number of aromatic amines is 2. The minimum absolute atomic E-state index is 0.110. The molecule has 0 atom stereocenters. The number of carbonyl (C=O) groups excluding carboxylic acids is 4. The van der Waals surface area contributed by atoms with Crippen molar-refractivity contribution >= 4 is 23.6 Å². The number of hydrogen-bond acceptors (Lipinski definition) is 6. The summed E-state index contributed by atoms with van der Waals surface area (Å²) < 4.78 is 9.91. The van der Waals surface area contributed by atoms with E-state index in [4.69, 9.17) is 9.47 Å². The monoisotopic (exact) mass is 415 g/mol. The number of hydrogen-bond donors (Lipinski definition) is 2. The Balaban J connectivity index is 1.65. The number of methoxy groups -OCH3 is 1. The minimum atomic E-state index is -0.741. The van der Waals surface area contributed by atoms with Gasteiger partial charge in [0.2, 0.25) is 5.78 Å². The highest BCUT2D eigenvalue weighted by Gasteiger charge is 2.26. The Morgan fingerprint density at radius 2 is 1.83 bits per heavy atom. The zero-order chi connectivity index (χ0) is 21.8. The summed E-state index contributed by atoms with van der Waals surface area (Å²) in [6.45, 7) is 4.39. The molecule has 9 nitrogen and oxygen atoms in total. The molecule has 2 aromatic rings. The van der Waals surface area contributed by atoms with Crippen molar-refractivity contribution in [3.8, 4) is 0 Å². The van der Waals surface area contributed by atoms with E-state index in [0.29, 0.717) is 42.0 Å². The van der Waals surface area contributed by atoms with Gasteiger partial charge in [-0.25, -0.2) is 9.59 Å². The summed E-state index contributed by atoms with van der Waals surface area (Å²) in [5, 5.41) is 0. The number of ketones is 1. The molecule has 0 aliphatic carbocycles. The first-order valence-electron chi connectivity index (χ1n) is 9.85. The van der Waals surface area contributed by atoms with Crippen LogP contribution in [0, 0.1) is 6.92 Å². The van der Waals surface area contributed by atoms with Crippen LogP contribution in [0.3, 0.4) is 0 Å². The highest BCUT2D eigenvalue weighted by molar-refractivity contribution is 6.03. The number of nitrogens with one attached hydrogen (secondary N) is 2. The summed E-state index contributed by atoms with van der Waals surface area (Å²) in [5.41, 5.74) is 1.98. The number of esters is 2. The molecule has 1 aliphatic heterocycles. The van der Waals surface area contributed by atoms with E-state index in [-0.39, 0.29) is 17.2 Å². The Morgan fingerprint density at radius 1 is 1.13 bits per heavy atom. The zero-order valence-corrected chi connectivity index (χ0v) is 17.3. The van der Waals surface area contributed by atoms with Crippen molar-refractivity contribution in [3.05, 3.63) is 46.0 Å². The van der Waals surface area contributed by atoms with Crippen LogP contribution in [0.25, 0.3) is 0 Å². The van der Waals surface area contributed by atoms with Crippen LogP contribution in [-0.2, 0) is 15.9 Å². The Labute approximate surface area is 173 Å². The molecular formula is C21H25N3O6. The van der Waals surface area contributed by atoms with E-state index in [0.717, 1.165) is 12.8 Å². The molecule has 1 saturated heterocycles. The number of aromatic nitrogens is 2. The lowest BCUT2D eigenvalue weighted by Gasteiger charge is -2.13. The van der Waals surface area contributed by atoms with Gasteiger partial charge in [0, 0.05) is 30.5 Å². The van der Waals surface area contributed by atoms with Crippen LogP contribution in [0.5, 0.6) is 0 Å². The average molecular weight is 415 g/mol. The van der Waals surface area contributed by atoms with Gasteiger partial charge in [0.25, 0.3) is 5.91 Å². The van der Waals surface area contributed by atoms with Gasteiger partial charge < -0.3 is 24.3 Å². The lowest BCUT2D eigenvalue weighted by molar-refractivity contribution is 0.0468. The van der Waals surface area contributed by atoms with E-state index in [2.05, 4.69) is 9.97 Å². The standard InChI is InChI=1S/C21H25N3O6/c1-4-14-17(20(27)29-3)12(2)18(23-14)21(28)30-11-16(25)13-9-15(22-10-13)19(26)24-7-5-6-8-24/h9-10,22-23H,4-8,11H2,1-3H3. The van der Waals surface area contributed by atoms with E-state index >= 15 is 0 Å². The largest absolute Gasteiger partial charge is 0.465 e. The van der Waals surface area contributed by atoms with E-state index < -0.39 is 24.3 Å². The number of rotatable bonds is 7. The molecule has 1 amide bonds. The van der Waals surface area contributed by atoms with Gasteiger partial charge in [-0.05, 0) is 37.8 Å². The van der Waals surface area contributed by atoms with Gasteiger partial charge in [0.15, 0.2) is 6.61 Å². The molecular weight excluding hydrogens is 390 g/mol. The van der Waals surface area contributed by atoms with Crippen LogP contribution in [-0.4, -0.2) is 65.3 Å². The molecule has 3 rings (SSSR count). The van der Waals surface area contributed by atoms with Gasteiger partial charge in [-0.1, -0.05) is 6.92 Å². The van der Waals surface area contributed by atoms with Gasteiger partial charge in [-0.3, -0.25) is 9.59 Å². The molecule has 9 heteroatoms. The fraction of sp³-hybridized carbons (Fsp3) is 0.429. The smallest absolute Gasteiger partial charge is 0.355 e. The van der Waals surface area contributed by atoms with Gasteiger partial charge in [-0.2, -0.15) is 0 Å². The third kappa shape index (κ3) is 4.14. The van der Waals surface area contributed by atoms with Crippen molar-refractivity contribution in [2.24, 2.45) is 0 Å². The second kappa shape index (κ2) is 8.98. The Bertz CT molecular complexity index is 981. The second-order valence-electron chi connectivity index (χ2n) is 7.12. The number of ether oxygens (including phenoxy) is 2. The molecule has 0 aromatic carbocycles. The molecule has 2 N–H and O–H groups in total.